The van der Waals surface area contributed by atoms with Crippen molar-refractivity contribution in [3.63, 3.8) is 0 Å². The second-order valence-electron chi connectivity index (χ2n) is 7.11. The zero-order valence-corrected chi connectivity index (χ0v) is 19.4. The van der Waals surface area contributed by atoms with Crippen molar-refractivity contribution >= 4 is 38.0 Å². The molecule has 0 unspecified atom stereocenters. The predicted molar refractivity (Wildman–Crippen MR) is 114 cm³/mol. The molecule has 0 atom stereocenters. The largest absolute Gasteiger partial charge is 0.465 e. The molecule has 4 nitrogen and oxygen atoms in total. The van der Waals surface area contributed by atoms with Gasteiger partial charge in [0.2, 0.25) is 0 Å². The predicted octanol–water partition coefficient (Wildman–Crippen LogP) is 5.52. The van der Waals surface area contributed by atoms with Crippen molar-refractivity contribution in [1.29, 1.82) is 0 Å². The van der Waals surface area contributed by atoms with Crippen LogP contribution < -0.4 is 5.73 Å². The Hall–Kier alpha value is -0.590. The summed E-state index contributed by atoms with van der Waals surface area (Å²) in [5.41, 5.74) is 12.0. The molecule has 0 saturated carbocycles. The van der Waals surface area contributed by atoms with Crippen LogP contribution in [0.3, 0.4) is 0 Å². The molecule has 1 rings (SSSR count). The molecule has 1 amide bonds. The maximum atomic E-state index is 10.7. The minimum Gasteiger partial charge on any atom is -0.465 e. The number of aryl methyl sites for hydroxylation is 2. The Labute approximate surface area is 169 Å². The molecule has 0 aromatic heterocycles. The molecule has 0 aliphatic rings. The summed E-state index contributed by atoms with van der Waals surface area (Å²) in [6, 6.07) is 2.26. The summed E-state index contributed by atoms with van der Waals surface area (Å²) in [4.78, 5) is 12.1. The number of hydrogen-bond acceptors (Lipinski definition) is 2. The third-order valence-electron chi connectivity index (χ3n) is 4.18. The van der Waals surface area contributed by atoms with Crippen molar-refractivity contribution < 1.29 is 9.90 Å². The summed E-state index contributed by atoms with van der Waals surface area (Å²) in [5.74, 6) is 0. The van der Waals surface area contributed by atoms with E-state index in [9.17, 15) is 4.79 Å². The van der Waals surface area contributed by atoms with Crippen LogP contribution in [-0.4, -0.2) is 34.7 Å². The van der Waals surface area contributed by atoms with Crippen LogP contribution in [0.4, 0.5) is 4.79 Å². The van der Waals surface area contributed by atoms with Crippen molar-refractivity contribution in [3.05, 3.63) is 33.9 Å². The molecule has 0 spiro atoms. The van der Waals surface area contributed by atoms with Crippen molar-refractivity contribution in [2.45, 2.75) is 64.2 Å². The fourth-order valence-corrected chi connectivity index (χ4v) is 4.38. The van der Waals surface area contributed by atoms with E-state index in [0.29, 0.717) is 19.5 Å². The average Bonchev–Trinajstić information content (AvgIpc) is 2.47. The highest BCUT2D eigenvalue weighted by Crippen LogP contribution is 2.25. The Balaban J connectivity index is 0.000000463. The molecule has 0 heterocycles. The lowest BCUT2D eigenvalue weighted by Crippen LogP contribution is -2.45. The van der Waals surface area contributed by atoms with E-state index in [0.717, 1.165) is 10.7 Å². The summed E-state index contributed by atoms with van der Waals surface area (Å²) in [5, 5.41) is 10.7. The number of carboxylic acid groups (broad SMARTS) is 1. The van der Waals surface area contributed by atoms with Crippen LogP contribution >= 0.6 is 31.9 Å². The number of amides is 1. The zero-order valence-electron chi connectivity index (χ0n) is 16.2. The van der Waals surface area contributed by atoms with E-state index in [-0.39, 0.29) is 5.54 Å². The van der Waals surface area contributed by atoms with Crippen LogP contribution in [0.2, 0.25) is 0 Å². The topological polar surface area (TPSA) is 66.6 Å². The van der Waals surface area contributed by atoms with Gasteiger partial charge in [0.25, 0.3) is 0 Å². The Morgan fingerprint density at radius 1 is 1.12 bits per heavy atom. The van der Waals surface area contributed by atoms with E-state index in [4.69, 9.17) is 10.8 Å². The second-order valence-corrected chi connectivity index (χ2v) is 8.23. The molecule has 3 N–H and O–H groups in total. The minimum atomic E-state index is -0.879. The van der Waals surface area contributed by atoms with Crippen LogP contribution in [0, 0.1) is 20.8 Å². The highest BCUT2D eigenvalue weighted by atomic mass is 79.9. The van der Waals surface area contributed by atoms with E-state index in [1.807, 2.05) is 20.8 Å². The lowest BCUT2D eigenvalue weighted by Gasteiger charge is -2.33. The zero-order chi connectivity index (χ0) is 19.8. The summed E-state index contributed by atoms with van der Waals surface area (Å²) in [7, 11) is 0. The molecule has 0 fully saturated rings. The molecular formula is C19H32Br2N2O2. The van der Waals surface area contributed by atoms with Gasteiger partial charge in [0, 0.05) is 22.7 Å². The third-order valence-corrected chi connectivity index (χ3v) is 5.31. The molecule has 144 valence electrons. The minimum absolute atomic E-state index is 0.332. The van der Waals surface area contributed by atoms with Gasteiger partial charge < -0.3 is 15.7 Å². The highest BCUT2D eigenvalue weighted by molar-refractivity contribution is 9.08. The van der Waals surface area contributed by atoms with Crippen molar-refractivity contribution in [2.24, 2.45) is 5.73 Å². The second kappa shape index (κ2) is 11.2. The highest BCUT2D eigenvalue weighted by Gasteiger charge is 2.24. The Kier molecular flexibility index (Phi) is 10.9. The van der Waals surface area contributed by atoms with Gasteiger partial charge in [-0.2, -0.15) is 0 Å². The maximum absolute atomic E-state index is 10.7. The van der Waals surface area contributed by atoms with Crippen molar-refractivity contribution in [1.82, 2.24) is 4.90 Å². The van der Waals surface area contributed by atoms with Gasteiger partial charge in [-0.15, -0.1) is 0 Å². The summed E-state index contributed by atoms with van der Waals surface area (Å²) < 4.78 is 0. The number of carbonyl (C=O) groups is 1. The van der Waals surface area contributed by atoms with E-state index >= 15 is 0 Å². The number of halogens is 2. The van der Waals surface area contributed by atoms with Crippen LogP contribution in [0.15, 0.2) is 6.07 Å². The van der Waals surface area contributed by atoms with Gasteiger partial charge >= 0.3 is 6.09 Å². The standard InChI is InChI=1S/C11H14Br2.C8H18N2O2/c1-7-4-8(2)11(6-13)9(3)10(7)5-12;1-8(2,3)10(7(11)12)6-4-5-9/h4H,5-6H2,1-3H3;4-6,9H2,1-3H3,(H,11,12). The summed E-state index contributed by atoms with van der Waals surface area (Å²) >= 11 is 7.06. The normalized spacial score (nSPS) is 10.9. The first kappa shape index (κ1) is 24.4. The van der Waals surface area contributed by atoms with Gasteiger partial charge in [0.05, 0.1) is 0 Å². The molecule has 6 heteroatoms. The smallest absolute Gasteiger partial charge is 0.407 e. The number of nitrogens with two attached hydrogens (primary N) is 1. The van der Waals surface area contributed by atoms with Gasteiger partial charge in [-0.3, -0.25) is 0 Å². The first-order valence-corrected chi connectivity index (χ1v) is 10.7. The number of benzene rings is 1. The molecule has 0 saturated heterocycles. The van der Waals surface area contributed by atoms with E-state index in [1.54, 1.807) is 0 Å². The Bertz CT molecular complexity index is 541. The number of alkyl halides is 2. The molecule has 0 aliphatic heterocycles. The maximum Gasteiger partial charge on any atom is 0.407 e. The van der Waals surface area contributed by atoms with Crippen LogP contribution in [0.1, 0.15) is 55.0 Å². The first-order valence-electron chi connectivity index (χ1n) is 8.42. The van der Waals surface area contributed by atoms with Gasteiger partial charge in [0.15, 0.2) is 0 Å². The van der Waals surface area contributed by atoms with Gasteiger partial charge in [-0.25, -0.2) is 4.79 Å². The number of nitrogens with zero attached hydrogens (tertiary/aromatic N) is 1. The van der Waals surface area contributed by atoms with Gasteiger partial charge in [-0.1, -0.05) is 37.9 Å². The summed E-state index contributed by atoms with van der Waals surface area (Å²) in [6.07, 6.45) is -0.167. The summed E-state index contributed by atoms with van der Waals surface area (Å²) in [6.45, 7) is 13.2. The third kappa shape index (κ3) is 7.67. The van der Waals surface area contributed by atoms with Crippen LogP contribution in [0.25, 0.3) is 0 Å². The van der Waals surface area contributed by atoms with Crippen LogP contribution in [0.5, 0.6) is 0 Å². The number of hydrogen-bond donors (Lipinski definition) is 2. The average molecular weight is 480 g/mol. The van der Waals surface area contributed by atoms with E-state index < -0.39 is 6.09 Å². The lowest BCUT2D eigenvalue weighted by molar-refractivity contribution is 0.1000. The lowest BCUT2D eigenvalue weighted by atomic mass is 9.95. The molecule has 0 aliphatic carbocycles. The molecule has 0 bridgehead atoms. The van der Waals surface area contributed by atoms with Crippen LogP contribution in [-0.2, 0) is 10.7 Å². The fourth-order valence-electron chi connectivity index (χ4n) is 2.65. The van der Waals surface area contributed by atoms with E-state index in [2.05, 4.69) is 58.7 Å². The molecular weight excluding hydrogens is 448 g/mol. The van der Waals surface area contributed by atoms with Gasteiger partial charge in [0.1, 0.15) is 0 Å². The molecule has 1 aromatic carbocycles. The molecule has 1 aromatic rings. The van der Waals surface area contributed by atoms with Crippen molar-refractivity contribution in [3.8, 4) is 0 Å². The van der Waals surface area contributed by atoms with E-state index in [1.165, 1.54) is 32.7 Å². The number of rotatable bonds is 5. The monoisotopic (exact) mass is 478 g/mol. The Morgan fingerprint density at radius 3 is 1.84 bits per heavy atom. The van der Waals surface area contributed by atoms with Crippen molar-refractivity contribution in [2.75, 3.05) is 13.1 Å². The first-order chi connectivity index (χ1) is 11.5. The van der Waals surface area contributed by atoms with Gasteiger partial charge in [-0.05, 0) is 82.3 Å². The molecule has 25 heavy (non-hydrogen) atoms. The Morgan fingerprint density at radius 2 is 1.56 bits per heavy atom. The quantitative estimate of drug-likeness (QED) is 0.546. The SMILES string of the molecule is CC(C)(C)N(CCCN)C(=O)O.Cc1cc(C)c(CBr)c(C)c1CBr. The fraction of sp³-hybridized carbons (Fsp3) is 0.632. The molecule has 0 radical (unpaired) electrons.